The van der Waals surface area contributed by atoms with Gasteiger partial charge in [0.15, 0.2) is 5.82 Å². The van der Waals surface area contributed by atoms with Crippen LogP contribution >= 0.6 is 0 Å². The maximum absolute atomic E-state index is 5.49. The predicted molar refractivity (Wildman–Crippen MR) is 296 cm³/mol. The molecule has 0 saturated heterocycles. The fraction of sp³-hybridized carbons (Fsp3) is 0. The van der Waals surface area contributed by atoms with Crippen molar-refractivity contribution >= 4 is 87.2 Å². The van der Waals surface area contributed by atoms with Crippen molar-refractivity contribution in [2.24, 2.45) is 0 Å². The number of fused-ring (bicyclic) bond motifs is 12. The van der Waals surface area contributed by atoms with Gasteiger partial charge in [-0.15, -0.1) is 0 Å². The van der Waals surface area contributed by atoms with Crippen LogP contribution in [0.2, 0.25) is 0 Å². The van der Waals surface area contributed by atoms with Gasteiger partial charge in [0, 0.05) is 49.3 Å². The van der Waals surface area contributed by atoms with Crippen molar-refractivity contribution < 1.29 is 0 Å². The molecule has 0 N–H and O–H groups in total. The first-order valence-electron chi connectivity index (χ1n) is 24.2. The lowest BCUT2D eigenvalue weighted by Crippen LogP contribution is -2.04. The van der Waals surface area contributed by atoms with E-state index in [-0.39, 0.29) is 0 Å². The summed E-state index contributed by atoms with van der Waals surface area (Å²) in [5, 5.41) is 9.57. The molecule has 0 aliphatic rings. The Labute approximate surface area is 408 Å². The average Bonchev–Trinajstić information content (AvgIpc) is 4.08. The Morgan fingerprint density at radius 1 is 0.254 bits per heavy atom. The highest BCUT2D eigenvalue weighted by molar-refractivity contribution is 6.29. The minimum absolute atomic E-state index is 0.797. The minimum Gasteiger partial charge on any atom is -0.309 e. The quantitative estimate of drug-likeness (QED) is 0.167. The van der Waals surface area contributed by atoms with Crippen LogP contribution < -0.4 is 0 Å². The molecule has 0 spiro atoms. The van der Waals surface area contributed by atoms with Gasteiger partial charge >= 0.3 is 0 Å². The first kappa shape index (κ1) is 39.4. The van der Waals surface area contributed by atoms with E-state index in [2.05, 4.69) is 250 Å². The van der Waals surface area contributed by atoms with E-state index in [4.69, 9.17) is 9.97 Å². The summed E-state index contributed by atoms with van der Waals surface area (Å²) in [7, 11) is 0. The molecule has 5 heteroatoms. The summed E-state index contributed by atoms with van der Waals surface area (Å²) in [5.74, 6) is 0.797. The summed E-state index contributed by atoms with van der Waals surface area (Å²) < 4.78 is 7.26. The summed E-state index contributed by atoms with van der Waals surface area (Å²) in [5.41, 5.74) is 17.3. The highest BCUT2D eigenvalue weighted by atomic mass is 15.1. The molecule has 4 aromatic heterocycles. The van der Waals surface area contributed by atoms with Crippen LogP contribution in [0.3, 0.4) is 0 Å². The molecule has 0 unspecified atom stereocenters. The highest BCUT2D eigenvalue weighted by Crippen LogP contribution is 2.45. The molecule has 11 aromatic carbocycles. The van der Waals surface area contributed by atoms with Gasteiger partial charge in [0.2, 0.25) is 0 Å². The Kier molecular flexibility index (Phi) is 8.59. The van der Waals surface area contributed by atoms with Crippen LogP contribution in [0.5, 0.6) is 0 Å². The van der Waals surface area contributed by atoms with E-state index in [1.54, 1.807) is 0 Å². The molecular weight excluding hydrogens is 863 g/mol. The van der Waals surface area contributed by atoms with Crippen LogP contribution in [0.4, 0.5) is 0 Å². The molecule has 15 aromatic rings. The monoisotopic (exact) mass is 903 g/mol. The van der Waals surface area contributed by atoms with Crippen LogP contribution in [0, 0.1) is 0 Å². The second-order valence-corrected chi connectivity index (χ2v) is 18.6. The number of aromatic nitrogens is 5. The van der Waals surface area contributed by atoms with Crippen molar-refractivity contribution in [2.75, 3.05) is 0 Å². The molecule has 0 bridgehead atoms. The van der Waals surface area contributed by atoms with Crippen LogP contribution in [0.15, 0.2) is 249 Å². The van der Waals surface area contributed by atoms with Gasteiger partial charge in [-0.2, -0.15) is 0 Å². The van der Waals surface area contributed by atoms with Gasteiger partial charge in [-0.1, -0.05) is 170 Å². The molecule has 15 rings (SSSR count). The van der Waals surface area contributed by atoms with Crippen molar-refractivity contribution in [2.45, 2.75) is 0 Å². The van der Waals surface area contributed by atoms with Crippen molar-refractivity contribution in [1.82, 2.24) is 23.7 Å². The summed E-state index contributed by atoms with van der Waals surface area (Å²) >= 11 is 0. The number of nitrogens with zero attached hydrogens (tertiary/aromatic N) is 5. The first-order valence-corrected chi connectivity index (χ1v) is 24.2. The van der Waals surface area contributed by atoms with Gasteiger partial charge in [-0.25, -0.2) is 9.97 Å². The normalized spacial score (nSPS) is 11.9. The standard InChI is InChI=1S/C66H41N5/c1-3-17-42(18-4-1)47-38-48(43-19-5-2-6-20-43)40-50(39-47)70-59-30-16-11-25-54(59)64-61(70)36-35-60-63(64)53-24-10-15-29-58(53)69(60)49-33-34-52-51-23-9-14-28-57(51)71(62(52)41-49)66-65(67-55-26-12-13-27-56(55)68-66)46-32-31-44-21-7-8-22-45(44)37-46/h1-41H. The van der Waals surface area contributed by atoms with Crippen LogP contribution in [-0.4, -0.2) is 23.7 Å². The lowest BCUT2D eigenvalue weighted by atomic mass is 9.98. The third-order valence-electron chi connectivity index (χ3n) is 14.6. The topological polar surface area (TPSA) is 40.6 Å². The summed E-state index contributed by atoms with van der Waals surface area (Å²) in [6.07, 6.45) is 0. The molecular formula is C66H41N5. The van der Waals surface area contributed by atoms with Gasteiger partial charge in [0.1, 0.15) is 5.69 Å². The van der Waals surface area contributed by atoms with Gasteiger partial charge in [-0.05, 0) is 112 Å². The van der Waals surface area contributed by atoms with E-state index in [1.807, 2.05) is 12.1 Å². The molecule has 330 valence electrons. The zero-order valence-electron chi connectivity index (χ0n) is 38.4. The van der Waals surface area contributed by atoms with Crippen LogP contribution in [-0.2, 0) is 0 Å². The van der Waals surface area contributed by atoms with Crippen molar-refractivity contribution in [3.63, 3.8) is 0 Å². The highest BCUT2D eigenvalue weighted by Gasteiger charge is 2.24. The summed E-state index contributed by atoms with van der Waals surface area (Å²) in [4.78, 5) is 10.9. The molecule has 0 atom stereocenters. The molecule has 4 heterocycles. The molecule has 0 amide bonds. The Bertz CT molecular complexity index is 4580. The van der Waals surface area contributed by atoms with E-state index in [9.17, 15) is 0 Å². The van der Waals surface area contributed by atoms with Crippen LogP contribution in [0.25, 0.3) is 138 Å². The number of para-hydroxylation sites is 5. The Balaban J connectivity index is 0.992. The number of rotatable bonds is 6. The Hall–Kier alpha value is -9.58. The third-order valence-corrected chi connectivity index (χ3v) is 14.6. The number of hydrogen-bond donors (Lipinski definition) is 0. The molecule has 71 heavy (non-hydrogen) atoms. The van der Waals surface area contributed by atoms with E-state index in [0.717, 1.165) is 83.2 Å². The molecule has 0 saturated carbocycles. The second-order valence-electron chi connectivity index (χ2n) is 18.6. The Morgan fingerprint density at radius 2 is 0.761 bits per heavy atom. The van der Waals surface area contributed by atoms with Crippen LogP contribution in [0.1, 0.15) is 0 Å². The van der Waals surface area contributed by atoms with E-state index >= 15 is 0 Å². The maximum atomic E-state index is 5.49. The van der Waals surface area contributed by atoms with Gasteiger partial charge < -0.3 is 9.13 Å². The SMILES string of the molecule is c1ccc(-c2cc(-c3ccccc3)cc(-n3c4ccccc4c4c5c6ccccc6n(-c6ccc7c8ccccc8n(-c8nc9ccccc9nc8-c8ccc9ccccc9c8)c7c6)c5ccc43)c2)cc1. The van der Waals surface area contributed by atoms with Crippen molar-refractivity contribution in [3.05, 3.63) is 249 Å². The lowest BCUT2D eigenvalue weighted by molar-refractivity contribution is 1.08. The summed E-state index contributed by atoms with van der Waals surface area (Å²) in [6, 6.07) is 89.9. The number of benzene rings is 11. The minimum atomic E-state index is 0.797. The van der Waals surface area contributed by atoms with Gasteiger partial charge in [0.25, 0.3) is 0 Å². The smallest absolute Gasteiger partial charge is 0.165 e. The second kappa shape index (κ2) is 15.5. The fourth-order valence-electron chi connectivity index (χ4n) is 11.4. The Morgan fingerprint density at radius 3 is 1.41 bits per heavy atom. The van der Waals surface area contributed by atoms with Gasteiger partial charge in [0.05, 0.1) is 44.1 Å². The molecule has 0 aliphatic heterocycles. The molecule has 5 nitrogen and oxygen atoms in total. The first-order chi connectivity index (χ1) is 35.2. The predicted octanol–water partition coefficient (Wildman–Crippen LogP) is 17.1. The lowest BCUT2D eigenvalue weighted by Gasteiger charge is -2.15. The van der Waals surface area contributed by atoms with Crippen molar-refractivity contribution in [3.8, 4) is 50.7 Å². The van der Waals surface area contributed by atoms with Crippen molar-refractivity contribution in [1.29, 1.82) is 0 Å². The largest absolute Gasteiger partial charge is 0.309 e. The van der Waals surface area contributed by atoms with E-state index in [1.165, 1.54) is 54.7 Å². The van der Waals surface area contributed by atoms with E-state index < -0.39 is 0 Å². The molecule has 0 fully saturated rings. The maximum Gasteiger partial charge on any atom is 0.165 e. The average molecular weight is 904 g/mol. The zero-order chi connectivity index (χ0) is 46.6. The summed E-state index contributed by atoms with van der Waals surface area (Å²) in [6.45, 7) is 0. The van der Waals surface area contributed by atoms with Gasteiger partial charge in [-0.3, -0.25) is 4.57 Å². The molecule has 0 aliphatic carbocycles. The molecule has 0 radical (unpaired) electrons. The third kappa shape index (κ3) is 6.06. The number of hydrogen-bond acceptors (Lipinski definition) is 2. The van der Waals surface area contributed by atoms with E-state index in [0.29, 0.717) is 0 Å². The fourth-order valence-corrected chi connectivity index (χ4v) is 11.4. The zero-order valence-corrected chi connectivity index (χ0v) is 38.4.